The number of guanidine groups is 1. The molecule has 0 saturated carbocycles. The molecule has 1 aliphatic heterocycles. The van der Waals surface area contributed by atoms with Crippen LogP contribution in [0.3, 0.4) is 0 Å². The lowest BCUT2D eigenvalue weighted by atomic mass is 10.1. The molecule has 8 heteroatoms. The van der Waals surface area contributed by atoms with Crippen LogP contribution in [0.2, 0.25) is 0 Å². The second kappa shape index (κ2) is 12.0. The van der Waals surface area contributed by atoms with Crippen molar-refractivity contribution in [3.8, 4) is 0 Å². The number of amides is 1. The average Bonchev–Trinajstić information content (AvgIpc) is 2.65. The van der Waals surface area contributed by atoms with Gasteiger partial charge in [-0.15, -0.1) is 24.0 Å². The quantitative estimate of drug-likeness (QED) is 0.274. The minimum absolute atomic E-state index is 0. The summed E-state index contributed by atoms with van der Waals surface area (Å²) in [5, 5.41) is 5.94. The van der Waals surface area contributed by atoms with Crippen molar-refractivity contribution in [2.75, 3.05) is 64.9 Å². The average molecular weight is 489 g/mol. The molecule has 1 amide bonds. The zero-order chi connectivity index (χ0) is 18.9. The Bertz CT molecular complexity index is 631. The standard InChI is InChI=1S/C19H31N5O2.HI/c1-15-6-5-7-17(16(15)2)23-9-11-24(12-10-23)19(20-3)22-14-18(25)21-8-13-26-4;/h5-7H,8-14H2,1-4H3,(H,20,22)(H,21,25);1H. The van der Waals surface area contributed by atoms with E-state index >= 15 is 0 Å². The molecule has 0 spiro atoms. The van der Waals surface area contributed by atoms with E-state index in [1.54, 1.807) is 14.2 Å². The van der Waals surface area contributed by atoms with Crippen molar-refractivity contribution < 1.29 is 9.53 Å². The predicted octanol–water partition coefficient (Wildman–Crippen LogP) is 1.38. The molecule has 1 aromatic carbocycles. The first-order valence-electron chi connectivity index (χ1n) is 9.09. The van der Waals surface area contributed by atoms with Crippen molar-refractivity contribution in [3.05, 3.63) is 29.3 Å². The number of hydrogen-bond acceptors (Lipinski definition) is 4. The van der Waals surface area contributed by atoms with Crippen LogP contribution in [-0.4, -0.2) is 76.8 Å². The van der Waals surface area contributed by atoms with Gasteiger partial charge in [0.1, 0.15) is 0 Å². The number of piperazine rings is 1. The van der Waals surface area contributed by atoms with Gasteiger partial charge in [-0.05, 0) is 31.0 Å². The fourth-order valence-corrected chi connectivity index (χ4v) is 3.08. The Morgan fingerprint density at radius 3 is 2.52 bits per heavy atom. The third-order valence-corrected chi connectivity index (χ3v) is 4.74. The fraction of sp³-hybridized carbons (Fsp3) is 0.579. The zero-order valence-electron chi connectivity index (χ0n) is 16.7. The Morgan fingerprint density at radius 2 is 1.89 bits per heavy atom. The van der Waals surface area contributed by atoms with Gasteiger partial charge < -0.3 is 25.2 Å². The van der Waals surface area contributed by atoms with E-state index in [1.807, 2.05) is 0 Å². The van der Waals surface area contributed by atoms with Gasteiger partial charge in [-0.1, -0.05) is 12.1 Å². The molecule has 1 fully saturated rings. The topological polar surface area (TPSA) is 69.2 Å². The first-order valence-corrected chi connectivity index (χ1v) is 9.09. The molecule has 27 heavy (non-hydrogen) atoms. The van der Waals surface area contributed by atoms with Crippen molar-refractivity contribution in [1.82, 2.24) is 15.5 Å². The van der Waals surface area contributed by atoms with E-state index < -0.39 is 0 Å². The van der Waals surface area contributed by atoms with Gasteiger partial charge in [0.15, 0.2) is 5.96 Å². The minimum atomic E-state index is -0.0581. The van der Waals surface area contributed by atoms with E-state index in [0.29, 0.717) is 13.2 Å². The Hall–Kier alpha value is -1.55. The number of methoxy groups -OCH3 is 1. The van der Waals surface area contributed by atoms with Crippen LogP contribution in [0.4, 0.5) is 5.69 Å². The molecule has 1 aromatic rings. The molecule has 1 aliphatic rings. The number of aryl methyl sites for hydroxylation is 1. The third-order valence-electron chi connectivity index (χ3n) is 4.74. The maximum Gasteiger partial charge on any atom is 0.239 e. The molecule has 1 heterocycles. The number of rotatable bonds is 6. The number of ether oxygens (including phenoxy) is 1. The highest BCUT2D eigenvalue weighted by Crippen LogP contribution is 2.23. The van der Waals surface area contributed by atoms with Gasteiger partial charge in [0.25, 0.3) is 0 Å². The largest absolute Gasteiger partial charge is 0.383 e. The molecular weight excluding hydrogens is 457 g/mol. The number of aliphatic imine (C=N–C) groups is 1. The summed E-state index contributed by atoms with van der Waals surface area (Å²) in [5.41, 5.74) is 3.98. The fourth-order valence-electron chi connectivity index (χ4n) is 3.08. The number of nitrogens with one attached hydrogen (secondary N) is 2. The first kappa shape index (κ1) is 23.5. The van der Waals surface area contributed by atoms with E-state index in [0.717, 1.165) is 32.1 Å². The smallest absolute Gasteiger partial charge is 0.239 e. The van der Waals surface area contributed by atoms with Crippen LogP contribution in [-0.2, 0) is 9.53 Å². The predicted molar refractivity (Wildman–Crippen MR) is 121 cm³/mol. The molecule has 0 radical (unpaired) electrons. The molecule has 2 rings (SSSR count). The number of carbonyl (C=O) groups excluding carboxylic acids is 1. The summed E-state index contributed by atoms with van der Waals surface area (Å²) in [6.45, 7) is 9.20. The molecule has 152 valence electrons. The second-order valence-corrected chi connectivity index (χ2v) is 6.44. The van der Waals surface area contributed by atoms with E-state index in [-0.39, 0.29) is 36.4 Å². The molecule has 7 nitrogen and oxygen atoms in total. The summed E-state index contributed by atoms with van der Waals surface area (Å²) in [6.07, 6.45) is 0. The molecule has 0 aliphatic carbocycles. The van der Waals surface area contributed by atoms with Gasteiger partial charge in [-0.3, -0.25) is 9.79 Å². The van der Waals surface area contributed by atoms with Crippen molar-refractivity contribution >= 4 is 41.5 Å². The normalized spacial score (nSPS) is 14.6. The maximum absolute atomic E-state index is 11.8. The van der Waals surface area contributed by atoms with E-state index in [4.69, 9.17) is 4.74 Å². The Balaban J connectivity index is 0.00000364. The van der Waals surface area contributed by atoms with Crippen LogP contribution in [0.1, 0.15) is 11.1 Å². The summed E-state index contributed by atoms with van der Waals surface area (Å²) in [7, 11) is 3.37. The summed E-state index contributed by atoms with van der Waals surface area (Å²) in [6, 6.07) is 6.46. The summed E-state index contributed by atoms with van der Waals surface area (Å²) >= 11 is 0. The molecule has 0 atom stereocenters. The van der Waals surface area contributed by atoms with Crippen LogP contribution < -0.4 is 15.5 Å². The van der Waals surface area contributed by atoms with Gasteiger partial charge in [-0.25, -0.2) is 0 Å². The van der Waals surface area contributed by atoms with Gasteiger partial charge in [0, 0.05) is 52.6 Å². The summed E-state index contributed by atoms with van der Waals surface area (Å²) < 4.78 is 4.92. The van der Waals surface area contributed by atoms with Crippen LogP contribution in [0.25, 0.3) is 0 Å². The first-order chi connectivity index (χ1) is 12.6. The molecule has 0 bridgehead atoms. The third kappa shape index (κ3) is 6.84. The van der Waals surface area contributed by atoms with Crippen LogP contribution in [0.15, 0.2) is 23.2 Å². The van der Waals surface area contributed by atoms with Crippen molar-refractivity contribution in [2.24, 2.45) is 4.99 Å². The van der Waals surface area contributed by atoms with Crippen LogP contribution in [0, 0.1) is 13.8 Å². The minimum Gasteiger partial charge on any atom is -0.383 e. The van der Waals surface area contributed by atoms with Gasteiger partial charge in [0.05, 0.1) is 13.2 Å². The lowest BCUT2D eigenvalue weighted by Gasteiger charge is -2.38. The number of hydrogen-bond donors (Lipinski definition) is 2. The summed E-state index contributed by atoms with van der Waals surface area (Å²) in [5.74, 6) is 0.713. The van der Waals surface area contributed by atoms with Crippen LogP contribution >= 0.6 is 24.0 Å². The Morgan fingerprint density at radius 1 is 1.19 bits per heavy atom. The SMILES string of the molecule is CN=C(NCC(=O)NCCOC)N1CCN(c2cccc(C)c2C)CC1.I. The maximum atomic E-state index is 11.8. The highest BCUT2D eigenvalue weighted by Gasteiger charge is 2.21. The molecule has 2 N–H and O–H groups in total. The van der Waals surface area contributed by atoms with E-state index in [9.17, 15) is 4.79 Å². The molecule has 0 aromatic heterocycles. The number of anilines is 1. The molecule has 0 unspecified atom stereocenters. The summed E-state index contributed by atoms with van der Waals surface area (Å²) in [4.78, 5) is 20.8. The van der Waals surface area contributed by atoms with Gasteiger partial charge >= 0.3 is 0 Å². The molecule has 1 saturated heterocycles. The van der Waals surface area contributed by atoms with Crippen molar-refractivity contribution in [1.29, 1.82) is 0 Å². The highest BCUT2D eigenvalue weighted by molar-refractivity contribution is 14.0. The van der Waals surface area contributed by atoms with Crippen LogP contribution in [0.5, 0.6) is 0 Å². The number of benzene rings is 1. The van der Waals surface area contributed by atoms with E-state index in [2.05, 4.69) is 57.5 Å². The van der Waals surface area contributed by atoms with Crippen molar-refractivity contribution in [2.45, 2.75) is 13.8 Å². The Labute approximate surface area is 179 Å². The number of halogens is 1. The number of carbonyl (C=O) groups is 1. The second-order valence-electron chi connectivity index (χ2n) is 6.44. The number of nitrogens with zero attached hydrogens (tertiary/aromatic N) is 3. The Kier molecular flexibility index (Phi) is 10.5. The van der Waals surface area contributed by atoms with Gasteiger partial charge in [0.2, 0.25) is 5.91 Å². The molecular formula is C19H32IN5O2. The van der Waals surface area contributed by atoms with E-state index in [1.165, 1.54) is 16.8 Å². The van der Waals surface area contributed by atoms with Crippen molar-refractivity contribution in [3.63, 3.8) is 0 Å². The van der Waals surface area contributed by atoms with Gasteiger partial charge in [-0.2, -0.15) is 0 Å². The lowest BCUT2D eigenvalue weighted by Crippen LogP contribution is -2.54. The lowest BCUT2D eigenvalue weighted by molar-refractivity contribution is -0.120. The highest BCUT2D eigenvalue weighted by atomic mass is 127. The zero-order valence-corrected chi connectivity index (χ0v) is 19.1. The monoisotopic (exact) mass is 489 g/mol.